The maximum atomic E-state index is 12.7. The van der Waals surface area contributed by atoms with Crippen molar-refractivity contribution in [3.8, 4) is 0 Å². The van der Waals surface area contributed by atoms with Crippen LogP contribution in [-0.4, -0.2) is 51.5 Å². The third-order valence-corrected chi connectivity index (χ3v) is 6.80. The Hall–Kier alpha value is -2.36. The molecule has 1 fully saturated rings. The number of hydrogen-bond acceptors (Lipinski definition) is 6. The van der Waals surface area contributed by atoms with E-state index in [0.29, 0.717) is 24.8 Å². The van der Waals surface area contributed by atoms with E-state index in [1.54, 1.807) is 18.2 Å². The molecule has 0 aromatic heterocycles. The minimum atomic E-state index is -4.02. The third-order valence-electron chi connectivity index (χ3n) is 5.11. The van der Waals surface area contributed by atoms with Gasteiger partial charge < -0.3 is 9.80 Å². The summed E-state index contributed by atoms with van der Waals surface area (Å²) in [5.74, 6) is 0. The summed E-state index contributed by atoms with van der Waals surface area (Å²) >= 11 is 6.01. The van der Waals surface area contributed by atoms with Crippen molar-refractivity contribution in [2.75, 3.05) is 36.8 Å². The average molecular weight is 439 g/mol. The number of nitro benzene ring substituents is 1. The summed E-state index contributed by atoms with van der Waals surface area (Å²) in [4.78, 5) is 15.0. The van der Waals surface area contributed by atoms with Gasteiger partial charge in [-0.25, -0.2) is 8.42 Å². The van der Waals surface area contributed by atoms with Crippen LogP contribution >= 0.6 is 11.6 Å². The second-order valence-corrected chi connectivity index (χ2v) is 9.26. The molecule has 1 saturated heterocycles. The van der Waals surface area contributed by atoms with E-state index in [4.69, 9.17) is 11.6 Å². The molecule has 0 radical (unpaired) electrons. The molecule has 2 aromatic rings. The van der Waals surface area contributed by atoms with Crippen LogP contribution < -0.4 is 9.62 Å². The number of para-hydroxylation sites is 1. The molecule has 29 heavy (non-hydrogen) atoms. The minimum absolute atomic E-state index is 0.184. The van der Waals surface area contributed by atoms with Crippen molar-refractivity contribution in [1.29, 1.82) is 0 Å². The molecular weight excluding hydrogens is 416 g/mol. The maximum absolute atomic E-state index is 12.7. The Bertz CT molecular complexity index is 1010. The Balaban J connectivity index is 1.88. The van der Waals surface area contributed by atoms with Crippen molar-refractivity contribution in [2.45, 2.75) is 23.8 Å². The highest BCUT2D eigenvalue weighted by molar-refractivity contribution is 7.92. The first-order valence-corrected chi connectivity index (χ1v) is 11.0. The highest BCUT2D eigenvalue weighted by atomic mass is 35.5. The minimum Gasteiger partial charge on any atom is -0.366 e. The molecule has 3 rings (SSSR count). The molecule has 156 valence electrons. The summed E-state index contributed by atoms with van der Waals surface area (Å²) in [5.41, 5.74) is 0.422. The van der Waals surface area contributed by atoms with Crippen LogP contribution in [0.5, 0.6) is 0 Å². The Morgan fingerprint density at radius 3 is 2.41 bits per heavy atom. The first-order valence-electron chi connectivity index (χ1n) is 9.16. The quantitative estimate of drug-likeness (QED) is 0.547. The molecule has 10 heteroatoms. The van der Waals surface area contributed by atoms with Crippen LogP contribution in [0.2, 0.25) is 5.02 Å². The lowest BCUT2D eigenvalue weighted by Gasteiger charge is -2.36. The summed E-state index contributed by atoms with van der Waals surface area (Å²) in [6.07, 6.45) is 1.77. The van der Waals surface area contributed by atoms with E-state index in [2.05, 4.69) is 9.62 Å². The van der Waals surface area contributed by atoms with Crippen molar-refractivity contribution in [2.24, 2.45) is 0 Å². The van der Waals surface area contributed by atoms with Gasteiger partial charge in [-0.1, -0.05) is 23.7 Å². The number of anilines is 2. The fourth-order valence-electron chi connectivity index (χ4n) is 3.45. The molecule has 0 saturated carbocycles. The molecule has 0 amide bonds. The van der Waals surface area contributed by atoms with Crippen LogP contribution in [-0.2, 0) is 10.0 Å². The molecular formula is C19H23ClN4O4S. The van der Waals surface area contributed by atoms with Crippen LogP contribution in [0.3, 0.4) is 0 Å². The summed E-state index contributed by atoms with van der Waals surface area (Å²) in [6.45, 7) is 1.35. The monoisotopic (exact) mass is 438 g/mol. The van der Waals surface area contributed by atoms with E-state index in [9.17, 15) is 18.5 Å². The predicted molar refractivity (Wildman–Crippen MR) is 114 cm³/mol. The first kappa shape index (κ1) is 21.4. The summed E-state index contributed by atoms with van der Waals surface area (Å²) in [7, 11) is 0.0211. The normalized spacial score (nSPS) is 15.5. The number of halogens is 1. The summed E-state index contributed by atoms with van der Waals surface area (Å²) in [5, 5.41) is 11.9. The zero-order valence-electron chi connectivity index (χ0n) is 16.2. The number of nitrogens with zero attached hydrogens (tertiary/aromatic N) is 3. The molecule has 0 aliphatic carbocycles. The Morgan fingerprint density at radius 1 is 1.17 bits per heavy atom. The third kappa shape index (κ3) is 4.80. The van der Waals surface area contributed by atoms with Crippen LogP contribution in [0.25, 0.3) is 0 Å². The lowest BCUT2D eigenvalue weighted by Crippen LogP contribution is -2.42. The van der Waals surface area contributed by atoms with E-state index < -0.39 is 14.9 Å². The molecule has 8 nitrogen and oxygen atoms in total. The van der Waals surface area contributed by atoms with Crippen LogP contribution in [0.15, 0.2) is 47.4 Å². The Kier molecular flexibility index (Phi) is 6.30. The standard InChI is InChI=1S/C19H23ClN4O4S/c1-22(2)14-9-11-23(12-10-14)18-8-7-15(13-19(18)24(25)26)29(27,28)21-17-6-4-3-5-16(17)20/h3-8,13-14,21H,9-12H2,1-2H3. The van der Waals surface area contributed by atoms with Gasteiger partial charge in [-0.05, 0) is 51.2 Å². The molecule has 1 aliphatic rings. The maximum Gasteiger partial charge on any atom is 0.293 e. The van der Waals surface area contributed by atoms with Gasteiger partial charge in [-0.15, -0.1) is 0 Å². The van der Waals surface area contributed by atoms with Crippen molar-refractivity contribution >= 4 is 38.7 Å². The molecule has 0 bridgehead atoms. The number of hydrogen-bond donors (Lipinski definition) is 1. The van der Waals surface area contributed by atoms with E-state index in [0.717, 1.165) is 18.9 Å². The number of nitro groups is 1. The van der Waals surface area contributed by atoms with Gasteiger partial charge in [-0.3, -0.25) is 14.8 Å². The molecule has 1 N–H and O–H groups in total. The number of benzene rings is 2. The Morgan fingerprint density at radius 2 is 1.83 bits per heavy atom. The van der Waals surface area contributed by atoms with E-state index in [-0.39, 0.29) is 21.3 Å². The zero-order valence-corrected chi connectivity index (χ0v) is 17.8. The predicted octanol–water partition coefficient (Wildman–Crippen LogP) is 3.58. The molecule has 1 aliphatic heterocycles. The number of nitrogens with one attached hydrogen (secondary N) is 1. The fraction of sp³-hybridized carbons (Fsp3) is 0.368. The van der Waals surface area contributed by atoms with Gasteiger partial charge in [0.15, 0.2) is 0 Å². The van der Waals surface area contributed by atoms with E-state index in [1.165, 1.54) is 18.2 Å². The highest BCUT2D eigenvalue weighted by Gasteiger charge is 2.28. The van der Waals surface area contributed by atoms with Gasteiger partial charge in [0, 0.05) is 25.2 Å². The smallest absolute Gasteiger partial charge is 0.293 e. The van der Waals surface area contributed by atoms with Crippen molar-refractivity contribution < 1.29 is 13.3 Å². The second-order valence-electron chi connectivity index (χ2n) is 7.17. The van der Waals surface area contributed by atoms with Crippen LogP contribution in [0, 0.1) is 10.1 Å². The van der Waals surface area contributed by atoms with Gasteiger partial charge in [0.25, 0.3) is 15.7 Å². The van der Waals surface area contributed by atoms with Crippen molar-refractivity contribution in [3.05, 3.63) is 57.6 Å². The topological polar surface area (TPSA) is 95.8 Å². The van der Waals surface area contributed by atoms with Crippen molar-refractivity contribution in [1.82, 2.24) is 4.90 Å². The molecule has 0 atom stereocenters. The lowest BCUT2D eigenvalue weighted by atomic mass is 10.0. The van der Waals surface area contributed by atoms with Gasteiger partial charge in [0.1, 0.15) is 5.69 Å². The first-order chi connectivity index (χ1) is 13.7. The molecule has 1 heterocycles. The summed E-state index contributed by atoms with van der Waals surface area (Å²) < 4.78 is 27.8. The molecule has 0 spiro atoms. The number of piperidine rings is 1. The van der Waals surface area contributed by atoms with Gasteiger partial charge >= 0.3 is 0 Å². The highest BCUT2D eigenvalue weighted by Crippen LogP contribution is 2.34. The SMILES string of the molecule is CN(C)C1CCN(c2ccc(S(=O)(=O)Nc3ccccc3Cl)cc2[N+](=O)[O-])CC1. The van der Waals surface area contributed by atoms with E-state index in [1.807, 2.05) is 19.0 Å². The summed E-state index contributed by atoms with van der Waals surface area (Å²) in [6, 6.07) is 10.8. The lowest BCUT2D eigenvalue weighted by molar-refractivity contribution is -0.384. The van der Waals surface area contributed by atoms with Gasteiger partial charge in [0.05, 0.1) is 20.5 Å². The van der Waals surface area contributed by atoms with E-state index >= 15 is 0 Å². The molecule has 2 aromatic carbocycles. The fourth-order valence-corrected chi connectivity index (χ4v) is 4.79. The van der Waals surface area contributed by atoms with Crippen LogP contribution in [0.1, 0.15) is 12.8 Å². The number of rotatable bonds is 6. The van der Waals surface area contributed by atoms with Crippen molar-refractivity contribution in [3.63, 3.8) is 0 Å². The van der Waals surface area contributed by atoms with Gasteiger partial charge in [0.2, 0.25) is 0 Å². The Labute approximate surface area is 175 Å². The second kappa shape index (κ2) is 8.56. The number of sulfonamides is 1. The zero-order chi connectivity index (χ0) is 21.2. The molecule has 0 unspecified atom stereocenters. The van der Waals surface area contributed by atoms with Gasteiger partial charge in [-0.2, -0.15) is 0 Å². The largest absolute Gasteiger partial charge is 0.366 e. The average Bonchev–Trinajstić information content (AvgIpc) is 2.69. The van der Waals surface area contributed by atoms with Crippen LogP contribution in [0.4, 0.5) is 17.1 Å².